The van der Waals surface area contributed by atoms with Crippen LogP contribution < -0.4 is 11.1 Å². The van der Waals surface area contributed by atoms with Crippen LogP contribution in [0.3, 0.4) is 0 Å². The van der Waals surface area contributed by atoms with Crippen LogP contribution in [0.4, 0.5) is 11.4 Å². The van der Waals surface area contributed by atoms with Gasteiger partial charge >= 0.3 is 0 Å². The first-order valence-corrected chi connectivity index (χ1v) is 7.30. The average Bonchev–Trinajstić information content (AvgIpc) is 2.98. The van der Waals surface area contributed by atoms with Gasteiger partial charge in [0, 0.05) is 28.7 Å². The van der Waals surface area contributed by atoms with Crippen molar-refractivity contribution in [1.82, 2.24) is 0 Å². The van der Waals surface area contributed by atoms with Crippen LogP contribution in [0.2, 0.25) is 0 Å². The fourth-order valence-corrected chi connectivity index (χ4v) is 2.27. The summed E-state index contributed by atoms with van der Waals surface area (Å²) >= 11 is 0. The lowest BCUT2D eigenvalue weighted by molar-refractivity contribution is 0.0962. The standard InChI is InChI=1S/C18H16N2O3/c1-2-15(21)17-10-12-9-14(7-8-16(12)23-17)20-18(22)11-3-5-13(19)6-4-11/h3-10H,2,19H2,1H3,(H,20,22). The molecule has 0 atom stereocenters. The number of furan rings is 1. The molecule has 0 fully saturated rings. The van der Waals surface area contributed by atoms with Gasteiger partial charge in [0.2, 0.25) is 0 Å². The number of carbonyl (C=O) groups is 2. The second-order valence-corrected chi connectivity index (χ2v) is 5.22. The van der Waals surface area contributed by atoms with Crippen LogP contribution in [-0.4, -0.2) is 11.7 Å². The summed E-state index contributed by atoms with van der Waals surface area (Å²) in [6.07, 6.45) is 0.389. The number of hydrogen-bond donors (Lipinski definition) is 2. The fraction of sp³-hybridized carbons (Fsp3) is 0.111. The Bertz CT molecular complexity index is 879. The fourth-order valence-electron chi connectivity index (χ4n) is 2.27. The van der Waals surface area contributed by atoms with E-state index >= 15 is 0 Å². The summed E-state index contributed by atoms with van der Waals surface area (Å²) in [4.78, 5) is 23.9. The number of benzene rings is 2. The van der Waals surface area contributed by atoms with Gasteiger partial charge in [0.15, 0.2) is 11.5 Å². The van der Waals surface area contributed by atoms with Gasteiger partial charge in [-0.25, -0.2) is 0 Å². The highest BCUT2D eigenvalue weighted by molar-refractivity contribution is 6.05. The van der Waals surface area contributed by atoms with Crippen LogP contribution >= 0.6 is 0 Å². The molecule has 0 aliphatic rings. The maximum Gasteiger partial charge on any atom is 0.255 e. The van der Waals surface area contributed by atoms with E-state index in [0.717, 1.165) is 5.39 Å². The number of anilines is 2. The van der Waals surface area contributed by atoms with Crippen LogP contribution in [0.15, 0.2) is 52.9 Å². The van der Waals surface area contributed by atoms with Crippen molar-refractivity contribution in [1.29, 1.82) is 0 Å². The van der Waals surface area contributed by atoms with Gasteiger partial charge in [-0.1, -0.05) is 6.92 Å². The summed E-state index contributed by atoms with van der Waals surface area (Å²) in [6, 6.07) is 13.6. The van der Waals surface area contributed by atoms with Crippen LogP contribution in [0.1, 0.15) is 34.3 Å². The lowest BCUT2D eigenvalue weighted by atomic mass is 10.1. The topological polar surface area (TPSA) is 85.3 Å². The van der Waals surface area contributed by atoms with Crippen molar-refractivity contribution >= 4 is 34.0 Å². The quantitative estimate of drug-likeness (QED) is 0.566. The SMILES string of the molecule is CCC(=O)c1cc2cc(NC(=O)c3ccc(N)cc3)ccc2o1. The molecule has 1 amide bonds. The normalized spacial score (nSPS) is 10.7. The van der Waals surface area contributed by atoms with Gasteiger partial charge in [0.05, 0.1) is 0 Å². The first-order chi connectivity index (χ1) is 11.1. The largest absolute Gasteiger partial charge is 0.453 e. The minimum atomic E-state index is -0.224. The van der Waals surface area contributed by atoms with Gasteiger partial charge < -0.3 is 15.5 Å². The first-order valence-electron chi connectivity index (χ1n) is 7.30. The van der Waals surface area contributed by atoms with E-state index in [1.807, 2.05) is 0 Å². The van der Waals surface area contributed by atoms with E-state index in [-0.39, 0.29) is 11.7 Å². The maximum atomic E-state index is 12.2. The number of nitrogens with one attached hydrogen (secondary N) is 1. The van der Waals surface area contributed by atoms with Gasteiger partial charge in [-0.3, -0.25) is 9.59 Å². The van der Waals surface area contributed by atoms with E-state index in [4.69, 9.17) is 10.2 Å². The molecule has 0 bridgehead atoms. The molecule has 0 radical (unpaired) electrons. The Labute approximate surface area is 133 Å². The number of carbonyl (C=O) groups excluding carboxylic acids is 2. The van der Waals surface area contributed by atoms with E-state index in [1.54, 1.807) is 55.5 Å². The van der Waals surface area contributed by atoms with Crippen LogP contribution in [0, 0.1) is 0 Å². The first kappa shape index (κ1) is 14.8. The molecule has 0 aliphatic heterocycles. The third-order valence-corrected chi connectivity index (χ3v) is 3.54. The van der Waals surface area contributed by atoms with Crippen molar-refractivity contribution in [3.05, 3.63) is 59.9 Å². The number of Topliss-reactive ketones (excluding diaryl/α,β-unsaturated/α-hetero) is 1. The predicted molar refractivity (Wildman–Crippen MR) is 89.6 cm³/mol. The molecule has 0 spiro atoms. The molecular formula is C18H16N2O3. The molecule has 0 aliphatic carbocycles. The number of nitrogen functional groups attached to an aromatic ring is 1. The Morgan fingerprint density at radius 3 is 2.52 bits per heavy atom. The highest BCUT2D eigenvalue weighted by Gasteiger charge is 2.12. The zero-order valence-electron chi connectivity index (χ0n) is 12.6. The minimum Gasteiger partial charge on any atom is -0.453 e. The van der Waals surface area contributed by atoms with E-state index in [2.05, 4.69) is 5.32 Å². The number of hydrogen-bond acceptors (Lipinski definition) is 4. The Morgan fingerprint density at radius 2 is 1.83 bits per heavy atom. The van der Waals surface area contributed by atoms with Gasteiger partial charge in [0.1, 0.15) is 5.58 Å². The molecular weight excluding hydrogens is 292 g/mol. The smallest absolute Gasteiger partial charge is 0.255 e. The molecule has 0 unspecified atom stereocenters. The van der Waals surface area contributed by atoms with Gasteiger partial charge in [-0.15, -0.1) is 0 Å². The molecule has 0 saturated carbocycles. The molecule has 23 heavy (non-hydrogen) atoms. The lowest BCUT2D eigenvalue weighted by Gasteiger charge is -2.05. The summed E-state index contributed by atoms with van der Waals surface area (Å²) in [6.45, 7) is 1.79. The van der Waals surface area contributed by atoms with Crippen LogP contribution in [0.5, 0.6) is 0 Å². The second kappa shape index (κ2) is 5.96. The molecule has 116 valence electrons. The minimum absolute atomic E-state index is 0.0475. The van der Waals surface area contributed by atoms with Gasteiger partial charge in [0.25, 0.3) is 5.91 Å². The molecule has 3 N–H and O–H groups in total. The lowest BCUT2D eigenvalue weighted by Crippen LogP contribution is -2.11. The summed E-state index contributed by atoms with van der Waals surface area (Å²) in [5.41, 5.74) is 7.99. The highest BCUT2D eigenvalue weighted by atomic mass is 16.3. The maximum absolute atomic E-state index is 12.2. The zero-order valence-corrected chi connectivity index (χ0v) is 12.6. The monoisotopic (exact) mass is 308 g/mol. The third-order valence-electron chi connectivity index (χ3n) is 3.54. The summed E-state index contributed by atoms with van der Waals surface area (Å²) in [7, 11) is 0. The second-order valence-electron chi connectivity index (χ2n) is 5.22. The molecule has 1 aromatic heterocycles. The number of ketones is 1. The molecule has 3 rings (SSSR count). The number of amides is 1. The Morgan fingerprint density at radius 1 is 1.09 bits per heavy atom. The number of rotatable bonds is 4. The molecule has 5 nitrogen and oxygen atoms in total. The third kappa shape index (κ3) is 3.08. The van der Waals surface area contributed by atoms with Crippen LogP contribution in [0.25, 0.3) is 11.0 Å². The van der Waals surface area contributed by atoms with Gasteiger partial charge in [-0.05, 0) is 48.5 Å². The number of fused-ring (bicyclic) bond motifs is 1. The summed E-state index contributed by atoms with van der Waals surface area (Å²) in [5, 5.41) is 3.59. The van der Waals surface area contributed by atoms with E-state index < -0.39 is 0 Å². The van der Waals surface area contributed by atoms with Crippen molar-refractivity contribution in [2.45, 2.75) is 13.3 Å². The van der Waals surface area contributed by atoms with Crippen molar-refractivity contribution in [3.63, 3.8) is 0 Å². The average molecular weight is 308 g/mol. The van der Waals surface area contributed by atoms with E-state index in [1.165, 1.54) is 0 Å². The van der Waals surface area contributed by atoms with Crippen LogP contribution in [-0.2, 0) is 0 Å². The van der Waals surface area contributed by atoms with Crippen molar-refractivity contribution in [2.24, 2.45) is 0 Å². The Kier molecular flexibility index (Phi) is 3.85. The zero-order chi connectivity index (χ0) is 16.4. The molecule has 3 aromatic rings. The Balaban J connectivity index is 1.84. The van der Waals surface area contributed by atoms with E-state index in [0.29, 0.717) is 34.7 Å². The molecule has 5 heteroatoms. The predicted octanol–water partition coefficient (Wildman–Crippen LogP) is 3.86. The number of nitrogens with two attached hydrogens (primary N) is 1. The van der Waals surface area contributed by atoms with Gasteiger partial charge in [-0.2, -0.15) is 0 Å². The van der Waals surface area contributed by atoms with E-state index in [9.17, 15) is 9.59 Å². The molecule has 0 saturated heterocycles. The highest BCUT2D eigenvalue weighted by Crippen LogP contribution is 2.24. The summed E-state index contributed by atoms with van der Waals surface area (Å²) in [5.74, 6) is 0.0656. The van der Waals surface area contributed by atoms with Crippen molar-refractivity contribution in [2.75, 3.05) is 11.1 Å². The van der Waals surface area contributed by atoms with Crippen molar-refractivity contribution in [3.8, 4) is 0 Å². The van der Waals surface area contributed by atoms with Crippen molar-refractivity contribution < 1.29 is 14.0 Å². The summed E-state index contributed by atoms with van der Waals surface area (Å²) < 4.78 is 5.50. The Hall–Kier alpha value is -3.08. The molecule has 2 aromatic carbocycles. The molecule has 1 heterocycles.